The Bertz CT molecular complexity index is 983. The van der Waals surface area contributed by atoms with Gasteiger partial charge in [0.1, 0.15) is 6.54 Å². The van der Waals surface area contributed by atoms with Crippen LogP contribution in [-0.4, -0.2) is 10.5 Å². The molecular weight excluding hydrogens is 404 g/mol. The standard InChI is InChI=1S/C19H16BrClN2O2/c1-12(13-2-5-15(21)6-3-13)22-19(25)11-23-9-8-18(24)16-7-4-14(20)10-17(16)23/h2-10,12H,11H2,1H3,(H,22,25)/t12-/m1/s1. The normalized spacial score (nSPS) is 12.1. The van der Waals surface area contributed by atoms with E-state index in [0.29, 0.717) is 10.4 Å². The third-order valence-corrected chi connectivity index (χ3v) is 4.75. The number of fused-ring (bicyclic) bond motifs is 1. The molecule has 1 atom stereocenters. The molecule has 0 aliphatic heterocycles. The highest BCUT2D eigenvalue weighted by molar-refractivity contribution is 9.10. The number of halogens is 2. The number of carbonyl (C=O) groups is 1. The second kappa shape index (κ2) is 7.42. The average molecular weight is 420 g/mol. The summed E-state index contributed by atoms with van der Waals surface area (Å²) in [4.78, 5) is 24.4. The number of nitrogens with one attached hydrogen (secondary N) is 1. The first kappa shape index (κ1) is 17.7. The van der Waals surface area contributed by atoms with Crippen molar-refractivity contribution in [1.82, 2.24) is 9.88 Å². The van der Waals surface area contributed by atoms with Crippen LogP contribution in [0.1, 0.15) is 18.5 Å². The maximum Gasteiger partial charge on any atom is 0.240 e. The fraction of sp³-hybridized carbons (Fsp3) is 0.158. The lowest BCUT2D eigenvalue weighted by Crippen LogP contribution is -2.30. The van der Waals surface area contributed by atoms with Crippen molar-refractivity contribution in [2.75, 3.05) is 0 Å². The first-order valence-corrected chi connectivity index (χ1v) is 8.94. The van der Waals surface area contributed by atoms with E-state index in [0.717, 1.165) is 15.6 Å². The lowest BCUT2D eigenvalue weighted by molar-refractivity contribution is -0.122. The minimum Gasteiger partial charge on any atom is -0.348 e. The lowest BCUT2D eigenvalue weighted by Gasteiger charge is -2.16. The number of rotatable bonds is 4. The van der Waals surface area contributed by atoms with E-state index < -0.39 is 0 Å². The van der Waals surface area contributed by atoms with E-state index >= 15 is 0 Å². The molecular formula is C19H16BrClN2O2. The van der Waals surface area contributed by atoms with E-state index in [2.05, 4.69) is 21.2 Å². The van der Waals surface area contributed by atoms with Crippen LogP contribution in [0.4, 0.5) is 0 Å². The zero-order valence-corrected chi connectivity index (χ0v) is 15.8. The second-order valence-corrected chi connectivity index (χ2v) is 7.16. The van der Waals surface area contributed by atoms with Crippen LogP contribution in [0.15, 0.2) is 64.0 Å². The van der Waals surface area contributed by atoms with Crippen molar-refractivity contribution < 1.29 is 4.79 Å². The predicted molar refractivity (Wildman–Crippen MR) is 104 cm³/mol. The largest absolute Gasteiger partial charge is 0.348 e. The summed E-state index contributed by atoms with van der Waals surface area (Å²) in [6.45, 7) is 2.05. The summed E-state index contributed by atoms with van der Waals surface area (Å²) in [6.07, 6.45) is 1.64. The molecule has 0 aliphatic rings. The van der Waals surface area contributed by atoms with Gasteiger partial charge in [-0.15, -0.1) is 0 Å². The Hall–Kier alpha value is -2.11. The number of aromatic nitrogens is 1. The molecule has 0 bridgehead atoms. The monoisotopic (exact) mass is 418 g/mol. The van der Waals surface area contributed by atoms with Crippen LogP contribution in [0.3, 0.4) is 0 Å². The highest BCUT2D eigenvalue weighted by Crippen LogP contribution is 2.18. The molecule has 3 rings (SSSR count). The van der Waals surface area contributed by atoms with Gasteiger partial charge in [0.15, 0.2) is 5.43 Å². The van der Waals surface area contributed by atoms with E-state index in [-0.39, 0.29) is 23.9 Å². The number of amides is 1. The van der Waals surface area contributed by atoms with E-state index in [9.17, 15) is 9.59 Å². The SMILES string of the molecule is C[C@@H](NC(=O)Cn1ccc(=O)c2ccc(Br)cc21)c1ccc(Cl)cc1. The van der Waals surface area contributed by atoms with Gasteiger partial charge in [-0.3, -0.25) is 9.59 Å². The Morgan fingerprint density at radius 2 is 1.92 bits per heavy atom. The van der Waals surface area contributed by atoms with Crippen molar-refractivity contribution >= 4 is 44.3 Å². The molecule has 1 N–H and O–H groups in total. The highest BCUT2D eigenvalue weighted by atomic mass is 79.9. The first-order chi connectivity index (χ1) is 11.9. The van der Waals surface area contributed by atoms with Crippen molar-refractivity contribution in [3.05, 3.63) is 80.0 Å². The Labute approximate surface area is 158 Å². The fourth-order valence-electron chi connectivity index (χ4n) is 2.69. The number of hydrogen-bond acceptors (Lipinski definition) is 2. The summed E-state index contributed by atoms with van der Waals surface area (Å²) >= 11 is 9.30. The molecule has 3 aromatic rings. The summed E-state index contributed by atoms with van der Waals surface area (Å²) in [5.41, 5.74) is 1.63. The molecule has 1 amide bonds. The molecule has 0 saturated heterocycles. The molecule has 0 spiro atoms. The summed E-state index contributed by atoms with van der Waals surface area (Å²) in [5.74, 6) is -0.132. The predicted octanol–water partition coefficient (Wildman–Crippen LogP) is 4.29. The van der Waals surface area contributed by atoms with Gasteiger partial charge >= 0.3 is 0 Å². The Morgan fingerprint density at radius 3 is 2.64 bits per heavy atom. The summed E-state index contributed by atoms with van der Waals surface area (Å²) in [6, 6.07) is 14.1. The number of carbonyl (C=O) groups excluding carboxylic acids is 1. The van der Waals surface area contributed by atoms with Gasteiger partial charge in [-0.2, -0.15) is 0 Å². The first-order valence-electron chi connectivity index (χ1n) is 7.77. The molecule has 0 fully saturated rings. The number of nitrogens with zero attached hydrogens (tertiary/aromatic N) is 1. The molecule has 1 heterocycles. The lowest BCUT2D eigenvalue weighted by atomic mass is 10.1. The minimum atomic E-state index is -0.137. The van der Waals surface area contributed by atoms with Crippen LogP contribution < -0.4 is 10.7 Å². The molecule has 6 heteroatoms. The zero-order chi connectivity index (χ0) is 18.0. The van der Waals surface area contributed by atoms with Crippen LogP contribution >= 0.6 is 27.5 Å². The Balaban J connectivity index is 1.80. The van der Waals surface area contributed by atoms with Crippen LogP contribution in [0, 0.1) is 0 Å². The molecule has 2 aromatic carbocycles. The third-order valence-electron chi connectivity index (χ3n) is 4.00. The highest BCUT2D eigenvalue weighted by Gasteiger charge is 2.11. The summed E-state index contributed by atoms with van der Waals surface area (Å²) in [7, 11) is 0. The molecule has 128 valence electrons. The maximum atomic E-state index is 12.4. The van der Waals surface area contributed by atoms with Crippen LogP contribution in [0.5, 0.6) is 0 Å². The molecule has 4 nitrogen and oxygen atoms in total. The van der Waals surface area contributed by atoms with Gasteiger partial charge in [0, 0.05) is 27.1 Å². The zero-order valence-electron chi connectivity index (χ0n) is 13.5. The van der Waals surface area contributed by atoms with Gasteiger partial charge in [-0.1, -0.05) is 39.7 Å². The number of benzene rings is 2. The Morgan fingerprint density at radius 1 is 1.20 bits per heavy atom. The smallest absolute Gasteiger partial charge is 0.240 e. The number of pyridine rings is 1. The van der Waals surface area contributed by atoms with Gasteiger partial charge in [0.05, 0.1) is 11.6 Å². The molecule has 0 unspecified atom stereocenters. The van der Waals surface area contributed by atoms with E-state index in [1.807, 2.05) is 31.2 Å². The minimum absolute atomic E-state index is 0.0614. The van der Waals surface area contributed by atoms with Crippen molar-refractivity contribution in [3.8, 4) is 0 Å². The van der Waals surface area contributed by atoms with Crippen molar-refractivity contribution in [2.24, 2.45) is 0 Å². The van der Waals surface area contributed by atoms with Crippen LogP contribution in [0.2, 0.25) is 5.02 Å². The van der Waals surface area contributed by atoms with Crippen molar-refractivity contribution in [3.63, 3.8) is 0 Å². The fourth-order valence-corrected chi connectivity index (χ4v) is 3.17. The average Bonchev–Trinajstić information content (AvgIpc) is 2.58. The quantitative estimate of drug-likeness (QED) is 0.686. The van der Waals surface area contributed by atoms with Crippen LogP contribution in [-0.2, 0) is 11.3 Å². The van der Waals surface area contributed by atoms with Crippen LogP contribution in [0.25, 0.3) is 10.9 Å². The van der Waals surface area contributed by atoms with Gasteiger partial charge in [0.25, 0.3) is 0 Å². The van der Waals surface area contributed by atoms with E-state index in [1.165, 1.54) is 6.07 Å². The van der Waals surface area contributed by atoms with Gasteiger partial charge in [-0.05, 0) is 42.8 Å². The Kier molecular flexibility index (Phi) is 5.25. The third kappa shape index (κ3) is 4.11. The van der Waals surface area contributed by atoms with Gasteiger partial charge < -0.3 is 9.88 Å². The second-order valence-electron chi connectivity index (χ2n) is 5.81. The maximum absolute atomic E-state index is 12.4. The summed E-state index contributed by atoms with van der Waals surface area (Å²) in [5, 5.41) is 4.21. The molecule has 0 aliphatic carbocycles. The molecule has 25 heavy (non-hydrogen) atoms. The van der Waals surface area contributed by atoms with E-state index in [1.54, 1.807) is 29.0 Å². The number of hydrogen-bond donors (Lipinski definition) is 1. The van der Waals surface area contributed by atoms with Crippen molar-refractivity contribution in [1.29, 1.82) is 0 Å². The van der Waals surface area contributed by atoms with Crippen molar-refractivity contribution in [2.45, 2.75) is 19.5 Å². The van der Waals surface area contributed by atoms with Gasteiger partial charge in [0.2, 0.25) is 5.91 Å². The topological polar surface area (TPSA) is 51.1 Å². The molecule has 0 radical (unpaired) electrons. The summed E-state index contributed by atoms with van der Waals surface area (Å²) < 4.78 is 2.63. The van der Waals surface area contributed by atoms with E-state index in [4.69, 9.17) is 11.6 Å². The molecule has 1 aromatic heterocycles. The molecule has 0 saturated carbocycles. The van der Waals surface area contributed by atoms with Gasteiger partial charge in [-0.25, -0.2) is 0 Å².